The Morgan fingerprint density at radius 3 is 2.21 bits per heavy atom. The third-order valence-electron chi connectivity index (χ3n) is 5.23. The number of carbonyl (C=O) groups is 1. The van der Waals surface area contributed by atoms with E-state index in [4.69, 9.17) is 5.73 Å². The number of ether oxygens (including phenoxy) is 1. The van der Waals surface area contributed by atoms with E-state index in [0.29, 0.717) is 24.1 Å². The molecular weight excluding hydrogens is 381 g/mol. The van der Waals surface area contributed by atoms with Crippen molar-refractivity contribution in [3.63, 3.8) is 0 Å². The number of amides is 2. The van der Waals surface area contributed by atoms with Gasteiger partial charge in [0.05, 0.1) is 0 Å². The van der Waals surface area contributed by atoms with Crippen molar-refractivity contribution in [1.82, 2.24) is 0 Å². The number of benzene rings is 2. The Bertz CT molecular complexity index is 773. The highest BCUT2D eigenvalue weighted by Gasteiger charge is 2.26. The van der Waals surface area contributed by atoms with Crippen LogP contribution in [0.5, 0.6) is 5.75 Å². The molecule has 0 radical (unpaired) electrons. The summed E-state index contributed by atoms with van der Waals surface area (Å²) in [5.41, 5.74) is 7.53. The first kappa shape index (κ1) is 20.5. The number of carbonyl (C=O) groups excluding carboxylic acids is 1. The van der Waals surface area contributed by atoms with Gasteiger partial charge in [-0.3, -0.25) is 4.90 Å². The summed E-state index contributed by atoms with van der Waals surface area (Å²) in [6, 6.07) is 15.9. The van der Waals surface area contributed by atoms with Crippen molar-refractivity contribution in [2.75, 3.05) is 11.4 Å². The zero-order chi connectivity index (χ0) is 20.1. The molecule has 0 aromatic heterocycles. The van der Waals surface area contributed by atoms with Gasteiger partial charge >= 0.3 is 11.9 Å². The zero-order valence-corrected chi connectivity index (χ0v) is 16.7. The number of anilines is 1. The van der Waals surface area contributed by atoms with Crippen LogP contribution in [0.15, 0.2) is 54.6 Å². The number of alkyl halides is 2. The van der Waals surface area contributed by atoms with E-state index >= 15 is 0 Å². The van der Waals surface area contributed by atoms with Gasteiger partial charge < -0.3 is 10.5 Å². The zero-order valence-electron chi connectivity index (χ0n) is 15.6. The highest BCUT2D eigenvalue weighted by Crippen LogP contribution is 2.36. The van der Waals surface area contributed by atoms with Gasteiger partial charge in [-0.05, 0) is 76.6 Å². The van der Waals surface area contributed by atoms with Crippen LogP contribution in [0.25, 0.3) is 0 Å². The molecule has 1 atom stereocenters. The van der Waals surface area contributed by atoms with Crippen LogP contribution in [-0.2, 0) is 0 Å². The predicted molar refractivity (Wildman–Crippen MR) is 110 cm³/mol. The number of nitrogens with two attached hydrogens (primary N) is 1. The Kier molecular flexibility index (Phi) is 6.50. The number of urea groups is 1. The van der Waals surface area contributed by atoms with E-state index in [0.717, 1.165) is 25.7 Å². The summed E-state index contributed by atoms with van der Waals surface area (Å²) in [5.74, 6) is -2.39. The molecule has 0 saturated heterocycles. The summed E-state index contributed by atoms with van der Waals surface area (Å²) >= 11 is 0. The van der Waals surface area contributed by atoms with Crippen molar-refractivity contribution in [1.29, 1.82) is 0 Å². The molecule has 0 aliphatic heterocycles. The third kappa shape index (κ3) is 5.65. The molecule has 1 unspecified atom stereocenters. The maximum Gasteiger partial charge on any atom is 0.408 e. The molecule has 3 rings (SSSR count). The van der Waals surface area contributed by atoms with Crippen LogP contribution < -0.4 is 15.4 Å². The topological polar surface area (TPSA) is 55.6 Å². The first-order chi connectivity index (χ1) is 13.3. The van der Waals surface area contributed by atoms with E-state index in [1.54, 1.807) is 12.1 Å². The van der Waals surface area contributed by atoms with Crippen molar-refractivity contribution in [2.24, 2.45) is 11.7 Å². The van der Waals surface area contributed by atoms with E-state index in [1.165, 1.54) is 31.8 Å². The minimum atomic E-state index is -3.33. The van der Waals surface area contributed by atoms with Crippen LogP contribution in [0.1, 0.15) is 37.2 Å². The molecule has 7 heteroatoms. The number of nitrogens with zero attached hydrogens (tertiary/aromatic N) is 1. The maximum atomic E-state index is 12.9. The first-order valence-corrected chi connectivity index (χ1v) is 9.97. The molecule has 1 fully saturated rings. The van der Waals surface area contributed by atoms with E-state index in [9.17, 15) is 13.6 Å². The van der Waals surface area contributed by atoms with Gasteiger partial charge in [-0.2, -0.15) is 8.78 Å². The average molecular weight is 406 g/mol. The largest absolute Gasteiger partial charge is 0.430 e. The minimum Gasteiger partial charge on any atom is -0.430 e. The quantitative estimate of drug-likeness (QED) is 0.658. The first-order valence-electron chi connectivity index (χ1n) is 9.39. The van der Waals surface area contributed by atoms with Crippen molar-refractivity contribution < 1.29 is 18.3 Å². The predicted octanol–water partition coefficient (Wildman–Crippen LogP) is 5.35. The van der Waals surface area contributed by atoms with Gasteiger partial charge in [-0.1, -0.05) is 30.3 Å². The second kappa shape index (κ2) is 8.87. The second-order valence-corrected chi connectivity index (χ2v) is 7.91. The van der Waals surface area contributed by atoms with Crippen LogP contribution in [0.2, 0.25) is 0 Å². The molecule has 2 aromatic rings. The van der Waals surface area contributed by atoms with Crippen molar-refractivity contribution >= 4 is 21.0 Å². The number of hydrogen-bond donors (Lipinski definition) is 1. The van der Waals surface area contributed by atoms with E-state index in [2.05, 4.69) is 29.0 Å². The van der Waals surface area contributed by atoms with Crippen LogP contribution in [-0.4, -0.2) is 18.4 Å². The maximum absolute atomic E-state index is 12.9. The van der Waals surface area contributed by atoms with Crippen LogP contribution in [0.4, 0.5) is 19.3 Å². The molecule has 2 N–H and O–H groups in total. The fourth-order valence-electron chi connectivity index (χ4n) is 3.84. The molecular formula is C21H25F2N2O2P. The number of hydrogen-bond acceptors (Lipinski definition) is 2. The standard InChI is InChI=1S/C21H25F2N2O2P/c22-21(23,28)27-19-12-10-18(11-13-19)25(20(24)26)14-15-6-8-17(9-7-15)16-4-2-1-3-5-16/h1-5,10-13,15,17H,6-9,14,28H2,(H2,24,26). The number of primary amides is 1. The van der Waals surface area contributed by atoms with Crippen LogP contribution in [0, 0.1) is 5.92 Å². The Labute approximate surface area is 166 Å². The molecule has 28 heavy (non-hydrogen) atoms. The Hall–Kier alpha value is -2.20. The highest BCUT2D eigenvalue weighted by molar-refractivity contribution is 7.17. The number of halogens is 2. The Morgan fingerprint density at radius 1 is 1.07 bits per heavy atom. The second-order valence-electron chi connectivity index (χ2n) is 7.23. The summed E-state index contributed by atoms with van der Waals surface area (Å²) in [6.45, 7) is 0.525. The van der Waals surface area contributed by atoms with Gasteiger partial charge in [-0.15, -0.1) is 0 Å². The van der Waals surface area contributed by atoms with Gasteiger partial charge in [0, 0.05) is 12.2 Å². The molecule has 1 aliphatic carbocycles. The highest BCUT2D eigenvalue weighted by atomic mass is 31.0. The number of rotatable bonds is 6. The lowest BCUT2D eigenvalue weighted by Gasteiger charge is -2.32. The lowest BCUT2D eigenvalue weighted by Crippen LogP contribution is -2.40. The van der Waals surface area contributed by atoms with Gasteiger partial charge in [0.1, 0.15) is 5.75 Å². The molecule has 1 aliphatic rings. The summed E-state index contributed by atoms with van der Waals surface area (Å²) in [5, 5.41) is 0. The molecule has 1 saturated carbocycles. The fraction of sp³-hybridized carbons (Fsp3) is 0.381. The van der Waals surface area contributed by atoms with Gasteiger partial charge in [0.15, 0.2) is 0 Å². The molecule has 2 amide bonds. The lowest BCUT2D eigenvalue weighted by molar-refractivity contribution is -0.0892. The molecule has 0 spiro atoms. The molecule has 4 nitrogen and oxygen atoms in total. The smallest absolute Gasteiger partial charge is 0.408 e. The van der Waals surface area contributed by atoms with Crippen LogP contribution >= 0.6 is 9.24 Å². The normalized spacial score (nSPS) is 19.8. The molecule has 150 valence electrons. The Morgan fingerprint density at radius 2 is 1.68 bits per heavy atom. The van der Waals surface area contributed by atoms with Gasteiger partial charge in [0.25, 0.3) is 0 Å². The molecule has 2 aromatic carbocycles. The van der Waals surface area contributed by atoms with Crippen molar-refractivity contribution in [3.05, 3.63) is 60.2 Å². The van der Waals surface area contributed by atoms with Crippen LogP contribution in [0.3, 0.4) is 0 Å². The Balaban J connectivity index is 1.60. The van der Waals surface area contributed by atoms with Gasteiger partial charge in [0.2, 0.25) is 0 Å². The molecule has 0 bridgehead atoms. The summed E-state index contributed by atoms with van der Waals surface area (Å²) < 4.78 is 30.3. The summed E-state index contributed by atoms with van der Waals surface area (Å²) in [6.07, 6.45) is 4.20. The fourth-order valence-corrected chi connectivity index (χ4v) is 3.97. The van der Waals surface area contributed by atoms with Crippen molar-refractivity contribution in [2.45, 2.75) is 37.5 Å². The third-order valence-corrected chi connectivity index (χ3v) is 5.34. The lowest BCUT2D eigenvalue weighted by atomic mass is 9.78. The summed E-state index contributed by atoms with van der Waals surface area (Å²) in [7, 11) is 1.33. The SMILES string of the molecule is NC(=O)N(CC1CCC(c2ccccc2)CC1)c1ccc(OC(F)(F)P)cc1. The van der Waals surface area contributed by atoms with Crippen molar-refractivity contribution in [3.8, 4) is 5.75 Å². The monoisotopic (exact) mass is 406 g/mol. The van der Waals surface area contributed by atoms with E-state index in [1.807, 2.05) is 6.07 Å². The van der Waals surface area contributed by atoms with E-state index in [-0.39, 0.29) is 5.75 Å². The minimum absolute atomic E-state index is 0.0246. The summed E-state index contributed by atoms with van der Waals surface area (Å²) in [4.78, 5) is 13.5. The van der Waals surface area contributed by atoms with E-state index < -0.39 is 11.9 Å². The molecule has 0 heterocycles. The van der Waals surface area contributed by atoms with Gasteiger partial charge in [-0.25, -0.2) is 4.79 Å². The average Bonchev–Trinajstić information content (AvgIpc) is 2.67.